The van der Waals surface area contributed by atoms with E-state index in [1.165, 1.54) is 6.33 Å². The molecule has 0 aliphatic carbocycles. The van der Waals surface area contributed by atoms with Crippen LogP contribution >= 0.6 is 11.6 Å². The van der Waals surface area contributed by atoms with Gasteiger partial charge in [-0.2, -0.15) is 0 Å². The Kier molecular flexibility index (Phi) is 4.80. The quantitative estimate of drug-likeness (QED) is 0.664. The fourth-order valence-corrected chi connectivity index (χ4v) is 2.97. The van der Waals surface area contributed by atoms with Crippen LogP contribution in [0.3, 0.4) is 0 Å². The first kappa shape index (κ1) is 16.4. The second kappa shape index (κ2) is 7.00. The fraction of sp³-hybridized carbons (Fsp3) is 0.375. The summed E-state index contributed by atoms with van der Waals surface area (Å²) < 4.78 is 0. The van der Waals surface area contributed by atoms with E-state index in [0.717, 1.165) is 25.9 Å². The molecule has 126 valence electrons. The number of hydrogen-bond acceptors (Lipinski definition) is 6. The maximum absolute atomic E-state index is 11.6. The van der Waals surface area contributed by atoms with Gasteiger partial charge in [-0.3, -0.25) is 10.1 Å². The Bertz CT molecular complexity index is 747. The van der Waals surface area contributed by atoms with Crippen molar-refractivity contribution in [2.24, 2.45) is 5.92 Å². The number of aromatic nitrogens is 2. The van der Waals surface area contributed by atoms with Crippen molar-refractivity contribution < 1.29 is 4.92 Å². The molecule has 0 bridgehead atoms. The van der Waals surface area contributed by atoms with Crippen LogP contribution in [-0.2, 0) is 0 Å². The van der Waals surface area contributed by atoms with Crippen LogP contribution in [0.2, 0.25) is 5.02 Å². The number of rotatable bonds is 4. The summed E-state index contributed by atoms with van der Waals surface area (Å²) in [6, 6.07) is 6.97. The lowest BCUT2D eigenvalue weighted by Crippen LogP contribution is -2.34. The maximum Gasteiger partial charge on any atom is 0.353 e. The van der Waals surface area contributed by atoms with Crippen molar-refractivity contribution in [1.29, 1.82) is 0 Å². The van der Waals surface area contributed by atoms with E-state index in [4.69, 9.17) is 11.6 Å². The van der Waals surface area contributed by atoms with Gasteiger partial charge in [-0.1, -0.05) is 24.6 Å². The smallest absolute Gasteiger partial charge is 0.351 e. The second-order valence-electron chi connectivity index (χ2n) is 5.96. The molecule has 1 N–H and O–H groups in total. The van der Waals surface area contributed by atoms with Gasteiger partial charge in [0.15, 0.2) is 0 Å². The Morgan fingerprint density at radius 1 is 1.33 bits per heavy atom. The average molecular weight is 348 g/mol. The van der Waals surface area contributed by atoms with Crippen LogP contribution in [0.4, 0.5) is 23.0 Å². The van der Waals surface area contributed by atoms with Gasteiger partial charge >= 0.3 is 5.69 Å². The molecule has 1 aliphatic rings. The van der Waals surface area contributed by atoms with Crippen LogP contribution in [-0.4, -0.2) is 28.0 Å². The van der Waals surface area contributed by atoms with E-state index in [9.17, 15) is 10.1 Å². The zero-order chi connectivity index (χ0) is 17.1. The summed E-state index contributed by atoms with van der Waals surface area (Å²) in [5, 5.41) is 15.2. The third-order valence-corrected chi connectivity index (χ3v) is 4.39. The normalized spacial score (nSPS) is 15.3. The van der Waals surface area contributed by atoms with E-state index in [-0.39, 0.29) is 11.5 Å². The van der Waals surface area contributed by atoms with Crippen molar-refractivity contribution in [3.8, 4) is 0 Å². The summed E-state index contributed by atoms with van der Waals surface area (Å²) in [7, 11) is 0. The van der Waals surface area contributed by atoms with Gasteiger partial charge in [0.2, 0.25) is 11.6 Å². The monoisotopic (exact) mass is 347 g/mol. The summed E-state index contributed by atoms with van der Waals surface area (Å²) in [5.74, 6) is 1.17. The van der Waals surface area contributed by atoms with Crippen molar-refractivity contribution in [3.63, 3.8) is 0 Å². The minimum absolute atomic E-state index is 0.105. The Balaban J connectivity index is 1.95. The van der Waals surface area contributed by atoms with Gasteiger partial charge in [0.25, 0.3) is 0 Å². The Labute approximate surface area is 144 Å². The first-order valence-corrected chi connectivity index (χ1v) is 8.19. The molecule has 2 aromatic rings. The van der Waals surface area contributed by atoms with E-state index >= 15 is 0 Å². The van der Waals surface area contributed by atoms with Gasteiger partial charge in [-0.05, 0) is 37.0 Å². The Hall–Kier alpha value is -2.41. The van der Waals surface area contributed by atoms with Crippen molar-refractivity contribution in [3.05, 3.63) is 45.7 Å². The fourth-order valence-electron chi connectivity index (χ4n) is 2.78. The molecule has 0 radical (unpaired) electrons. The summed E-state index contributed by atoms with van der Waals surface area (Å²) in [4.78, 5) is 21.4. The molecule has 0 spiro atoms. The van der Waals surface area contributed by atoms with Gasteiger partial charge in [-0.15, -0.1) is 0 Å². The molecule has 24 heavy (non-hydrogen) atoms. The topological polar surface area (TPSA) is 84.2 Å². The highest BCUT2D eigenvalue weighted by atomic mass is 35.5. The molecule has 0 atom stereocenters. The minimum atomic E-state index is -0.430. The Morgan fingerprint density at radius 2 is 2.08 bits per heavy atom. The molecule has 0 unspecified atom stereocenters. The molecule has 7 nitrogen and oxygen atoms in total. The zero-order valence-corrected chi connectivity index (χ0v) is 14.0. The van der Waals surface area contributed by atoms with Crippen molar-refractivity contribution in [2.75, 3.05) is 23.3 Å². The Morgan fingerprint density at radius 3 is 2.75 bits per heavy atom. The number of nitro groups is 1. The number of anilines is 3. The number of nitrogens with one attached hydrogen (secondary N) is 1. The van der Waals surface area contributed by atoms with Gasteiger partial charge in [0.1, 0.15) is 6.33 Å². The van der Waals surface area contributed by atoms with Gasteiger partial charge in [0.05, 0.1) is 4.92 Å². The highest BCUT2D eigenvalue weighted by Gasteiger charge is 2.29. The van der Waals surface area contributed by atoms with Crippen LogP contribution in [0.15, 0.2) is 30.6 Å². The van der Waals surface area contributed by atoms with Crippen molar-refractivity contribution >= 4 is 34.6 Å². The lowest BCUT2D eigenvalue weighted by molar-refractivity contribution is -0.383. The van der Waals surface area contributed by atoms with E-state index in [1.807, 2.05) is 4.90 Å². The molecular formula is C16H18ClN5O2. The van der Waals surface area contributed by atoms with Gasteiger partial charge in [-0.25, -0.2) is 9.97 Å². The summed E-state index contributed by atoms with van der Waals surface area (Å²) in [6.45, 7) is 3.71. The number of piperidine rings is 1. The zero-order valence-electron chi connectivity index (χ0n) is 13.3. The molecule has 1 aromatic carbocycles. The van der Waals surface area contributed by atoms with Crippen LogP contribution in [0.25, 0.3) is 0 Å². The number of halogens is 1. The average Bonchev–Trinajstić information content (AvgIpc) is 2.55. The van der Waals surface area contributed by atoms with E-state index in [0.29, 0.717) is 22.4 Å². The largest absolute Gasteiger partial charge is 0.353 e. The molecule has 3 rings (SSSR count). The molecule has 2 heterocycles. The standard InChI is InChI=1S/C16H18ClN5O2/c1-11-5-7-21(8-6-11)16-14(22(23)24)15(18-10-19-16)20-13-4-2-3-12(17)9-13/h2-4,9-11H,5-8H2,1H3,(H,18,19,20). The number of nitrogens with zero attached hydrogens (tertiary/aromatic N) is 4. The predicted octanol–water partition coefficient (Wildman–Crippen LogP) is 4.02. The van der Waals surface area contributed by atoms with Crippen molar-refractivity contribution in [1.82, 2.24) is 9.97 Å². The highest BCUT2D eigenvalue weighted by Crippen LogP contribution is 2.35. The molecule has 1 fully saturated rings. The highest BCUT2D eigenvalue weighted by molar-refractivity contribution is 6.30. The SMILES string of the molecule is CC1CCN(c2ncnc(Nc3cccc(Cl)c3)c2[N+](=O)[O-])CC1. The number of benzene rings is 1. The number of hydrogen-bond donors (Lipinski definition) is 1. The van der Waals surface area contributed by atoms with Gasteiger partial charge in [0, 0.05) is 23.8 Å². The molecule has 8 heteroatoms. The van der Waals surface area contributed by atoms with Crippen LogP contribution in [0.5, 0.6) is 0 Å². The molecule has 1 aromatic heterocycles. The lowest BCUT2D eigenvalue weighted by atomic mass is 9.99. The van der Waals surface area contributed by atoms with Crippen LogP contribution in [0, 0.1) is 16.0 Å². The predicted molar refractivity (Wildman–Crippen MR) is 94.0 cm³/mol. The van der Waals surface area contributed by atoms with Crippen LogP contribution in [0.1, 0.15) is 19.8 Å². The second-order valence-corrected chi connectivity index (χ2v) is 6.39. The first-order chi connectivity index (χ1) is 11.5. The summed E-state index contributed by atoms with van der Waals surface area (Å²) in [5.41, 5.74) is 0.537. The van der Waals surface area contributed by atoms with Crippen LogP contribution < -0.4 is 10.2 Å². The summed E-state index contributed by atoms with van der Waals surface area (Å²) >= 11 is 5.97. The molecule has 0 saturated carbocycles. The molecule has 1 aliphatic heterocycles. The minimum Gasteiger partial charge on any atom is -0.351 e. The molecular weight excluding hydrogens is 330 g/mol. The van der Waals surface area contributed by atoms with E-state index < -0.39 is 4.92 Å². The first-order valence-electron chi connectivity index (χ1n) is 7.81. The molecule has 0 amide bonds. The lowest BCUT2D eigenvalue weighted by Gasteiger charge is -2.30. The van der Waals surface area contributed by atoms with E-state index in [1.54, 1.807) is 24.3 Å². The third kappa shape index (κ3) is 3.56. The van der Waals surface area contributed by atoms with E-state index in [2.05, 4.69) is 22.2 Å². The van der Waals surface area contributed by atoms with Gasteiger partial charge < -0.3 is 10.2 Å². The third-order valence-electron chi connectivity index (χ3n) is 4.16. The molecule has 1 saturated heterocycles. The van der Waals surface area contributed by atoms with Crippen molar-refractivity contribution in [2.45, 2.75) is 19.8 Å². The maximum atomic E-state index is 11.6. The summed E-state index contributed by atoms with van der Waals surface area (Å²) in [6.07, 6.45) is 3.35.